The fraction of sp³-hybridized carbons (Fsp3) is 1.00. The van der Waals surface area contributed by atoms with Crippen LogP contribution in [0.25, 0.3) is 0 Å². The van der Waals surface area contributed by atoms with Crippen molar-refractivity contribution in [1.29, 1.82) is 0 Å². The van der Waals surface area contributed by atoms with E-state index < -0.39 is 0 Å². The summed E-state index contributed by atoms with van der Waals surface area (Å²) in [5.41, 5.74) is 0. The molecule has 0 nitrogen and oxygen atoms in total. The van der Waals surface area contributed by atoms with E-state index in [-0.39, 0.29) is 35.6 Å². The number of hydrogen-bond acceptors (Lipinski definition) is 0. The quantitative estimate of drug-likeness (QED) is 0.530. The predicted molar refractivity (Wildman–Crippen MR) is 57.5 cm³/mol. The van der Waals surface area contributed by atoms with Crippen LogP contribution in [-0.2, 0) is 0 Å². The molecule has 0 N–H and O–H groups in total. The van der Waals surface area contributed by atoms with E-state index in [4.69, 9.17) is 0 Å². The molecule has 1 radical (unpaired) electrons. The second-order valence-corrected chi connectivity index (χ2v) is 3.83. The molecule has 0 aromatic heterocycles. The Bertz CT molecular complexity index is 61.5. The average Bonchev–Trinajstić information content (AvgIpc) is 2.10. The smallest absolute Gasteiger partial charge is 0 e. The standard InChI is InChI=1S/C12H26.La/c1-3-5-7-9-11-12-10-8-6-4-2;/h3-12H2,1-2H3;. The third-order valence-corrected chi connectivity index (χ3v) is 2.46. The van der Waals surface area contributed by atoms with Gasteiger partial charge >= 0.3 is 0 Å². The van der Waals surface area contributed by atoms with Gasteiger partial charge < -0.3 is 0 Å². The Hall–Kier alpha value is 1.19. The summed E-state index contributed by atoms with van der Waals surface area (Å²) in [6, 6.07) is 0. The zero-order valence-electron chi connectivity index (χ0n) is 9.65. The van der Waals surface area contributed by atoms with Crippen LogP contribution in [0, 0.1) is 35.6 Å². The second kappa shape index (κ2) is 15.7. The summed E-state index contributed by atoms with van der Waals surface area (Å²) < 4.78 is 0. The van der Waals surface area contributed by atoms with Gasteiger partial charge in [-0.1, -0.05) is 78.1 Å². The van der Waals surface area contributed by atoms with E-state index in [2.05, 4.69) is 13.8 Å². The topological polar surface area (TPSA) is 0 Å². The first-order valence-corrected chi connectivity index (χ1v) is 5.91. The maximum atomic E-state index is 2.28. The van der Waals surface area contributed by atoms with Crippen molar-refractivity contribution in [2.45, 2.75) is 78.1 Å². The Kier molecular flexibility index (Phi) is 20.0. The van der Waals surface area contributed by atoms with Crippen LogP contribution in [0.4, 0.5) is 0 Å². The Morgan fingerprint density at radius 2 is 0.692 bits per heavy atom. The molecule has 0 aromatic rings. The van der Waals surface area contributed by atoms with E-state index in [0.717, 1.165) is 0 Å². The summed E-state index contributed by atoms with van der Waals surface area (Å²) >= 11 is 0. The maximum absolute atomic E-state index is 2.28. The van der Waals surface area contributed by atoms with Gasteiger partial charge in [0, 0.05) is 35.6 Å². The van der Waals surface area contributed by atoms with Gasteiger partial charge in [-0.15, -0.1) is 0 Å². The summed E-state index contributed by atoms with van der Waals surface area (Å²) in [4.78, 5) is 0. The minimum atomic E-state index is 0. The molecule has 0 saturated heterocycles. The molecule has 0 saturated carbocycles. The first-order chi connectivity index (χ1) is 5.91. The minimum Gasteiger partial charge on any atom is -0.0654 e. The van der Waals surface area contributed by atoms with Crippen molar-refractivity contribution < 1.29 is 35.6 Å². The van der Waals surface area contributed by atoms with Crippen molar-refractivity contribution >= 4 is 0 Å². The summed E-state index contributed by atoms with van der Waals surface area (Å²) in [5, 5.41) is 0. The van der Waals surface area contributed by atoms with E-state index in [9.17, 15) is 0 Å². The average molecular weight is 309 g/mol. The van der Waals surface area contributed by atoms with Gasteiger partial charge in [-0.05, 0) is 0 Å². The summed E-state index contributed by atoms with van der Waals surface area (Å²) in [6.07, 6.45) is 14.4. The minimum absolute atomic E-state index is 0. The Morgan fingerprint density at radius 3 is 0.923 bits per heavy atom. The molecule has 0 amide bonds. The summed E-state index contributed by atoms with van der Waals surface area (Å²) in [5.74, 6) is 0. The monoisotopic (exact) mass is 309 g/mol. The molecule has 77 valence electrons. The molecule has 0 spiro atoms. The van der Waals surface area contributed by atoms with Crippen LogP contribution in [0.2, 0.25) is 0 Å². The molecular formula is C12H26La. The summed E-state index contributed by atoms with van der Waals surface area (Å²) in [6.45, 7) is 4.56. The van der Waals surface area contributed by atoms with E-state index in [1.165, 1.54) is 64.2 Å². The third kappa shape index (κ3) is 15.9. The molecule has 0 aromatic carbocycles. The van der Waals surface area contributed by atoms with Crippen molar-refractivity contribution in [3.05, 3.63) is 0 Å². The molecule has 0 unspecified atom stereocenters. The molecule has 1 heteroatoms. The van der Waals surface area contributed by atoms with Gasteiger partial charge in [-0.2, -0.15) is 0 Å². The normalized spacial score (nSPS) is 9.69. The number of rotatable bonds is 9. The van der Waals surface area contributed by atoms with E-state index in [0.29, 0.717) is 0 Å². The van der Waals surface area contributed by atoms with Crippen LogP contribution in [0.3, 0.4) is 0 Å². The van der Waals surface area contributed by atoms with E-state index >= 15 is 0 Å². The zero-order valence-corrected chi connectivity index (χ0v) is 13.3. The molecule has 0 heterocycles. The predicted octanol–water partition coefficient (Wildman–Crippen LogP) is 4.93. The van der Waals surface area contributed by atoms with Gasteiger partial charge in [-0.3, -0.25) is 0 Å². The van der Waals surface area contributed by atoms with Crippen LogP contribution in [0.5, 0.6) is 0 Å². The first-order valence-electron chi connectivity index (χ1n) is 5.91. The fourth-order valence-electron chi connectivity index (χ4n) is 1.56. The van der Waals surface area contributed by atoms with Gasteiger partial charge in [-0.25, -0.2) is 0 Å². The van der Waals surface area contributed by atoms with Crippen molar-refractivity contribution in [3.63, 3.8) is 0 Å². The van der Waals surface area contributed by atoms with Crippen molar-refractivity contribution in [1.82, 2.24) is 0 Å². The summed E-state index contributed by atoms with van der Waals surface area (Å²) in [7, 11) is 0. The van der Waals surface area contributed by atoms with Crippen molar-refractivity contribution in [3.8, 4) is 0 Å². The first kappa shape index (κ1) is 16.6. The van der Waals surface area contributed by atoms with E-state index in [1.807, 2.05) is 0 Å². The molecule has 0 rings (SSSR count). The van der Waals surface area contributed by atoms with Gasteiger partial charge in [0.1, 0.15) is 0 Å². The van der Waals surface area contributed by atoms with Gasteiger partial charge in [0.2, 0.25) is 0 Å². The fourth-order valence-corrected chi connectivity index (χ4v) is 1.56. The molecule has 0 bridgehead atoms. The van der Waals surface area contributed by atoms with Crippen LogP contribution in [0.15, 0.2) is 0 Å². The molecule has 0 aliphatic carbocycles. The van der Waals surface area contributed by atoms with Gasteiger partial charge in [0.05, 0.1) is 0 Å². The van der Waals surface area contributed by atoms with Gasteiger partial charge in [0.15, 0.2) is 0 Å². The van der Waals surface area contributed by atoms with Crippen LogP contribution < -0.4 is 0 Å². The molecular weight excluding hydrogens is 283 g/mol. The number of hydrogen-bond donors (Lipinski definition) is 0. The molecule has 0 aliphatic heterocycles. The molecule has 0 aliphatic rings. The molecule has 13 heavy (non-hydrogen) atoms. The van der Waals surface area contributed by atoms with Crippen molar-refractivity contribution in [2.75, 3.05) is 0 Å². The van der Waals surface area contributed by atoms with Gasteiger partial charge in [0.25, 0.3) is 0 Å². The van der Waals surface area contributed by atoms with Crippen LogP contribution >= 0.6 is 0 Å². The Labute approximate surface area is 113 Å². The third-order valence-electron chi connectivity index (χ3n) is 2.46. The Balaban J connectivity index is 0. The zero-order chi connectivity index (χ0) is 9.07. The largest absolute Gasteiger partial charge is 0.0654 e. The molecule has 0 fully saturated rings. The Morgan fingerprint density at radius 1 is 0.462 bits per heavy atom. The second-order valence-electron chi connectivity index (χ2n) is 3.83. The molecule has 0 atom stereocenters. The SMILES string of the molecule is CCCCCCCCCCCC.[La]. The van der Waals surface area contributed by atoms with Crippen LogP contribution in [0.1, 0.15) is 78.1 Å². The maximum Gasteiger partial charge on any atom is 0 e. The van der Waals surface area contributed by atoms with Crippen LogP contribution in [-0.4, -0.2) is 0 Å². The van der Waals surface area contributed by atoms with E-state index in [1.54, 1.807) is 0 Å². The number of unbranched alkanes of at least 4 members (excludes halogenated alkanes) is 9. The van der Waals surface area contributed by atoms with Crippen molar-refractivity contribution in [2.24, 2.45) is 0 Å².